The standard InChI is InChI=1S/C25H30N2O10S/c1-13(28)33-12-20-22(34-14(2)29)23(35-15(3)30)24(36-16(4)31)25(37-20)38-21(26-32)10-17-11-27(5)19-9-7-6-8-18(17)19/h6-9,11,20,22-25,32H,10,12H2,1-5H3/b26-21-/t20-,22-,23+,24-,25+/m1/s1. The Morgan fingerprint density at radius 2 is 1.55 bits per heavy atom. The zero-order valence-electron chi connectivity index (χ0n) is 21.6. The van der Waals surface area contributed by atoms with E-state index in [2.05, 4.69) is 5.16 Å². The molecule has 1 fully saturated rings. The monoisotopic (exact) mass is 550 g/mol. The van der Waals surface area contributed by atoms with Gasteiger partial charge in [-0.05, 0) is 11.6 Å². The van der Waals surface area contributed by atoms with Crippen LogP contribution in [0.5, 0.6) is 0 Å². The average Bonchev–Trinajstić information content (AvgIpc) is 3.15. The van der Waals surface area contributed by atoms with Gasteiger partial charge in [0.1, 0.15) is 23.2 Å². The summed E-state index contributed by atoms with van der Waals surface area (Å²) in [6, 6.07) is 7.72. The molecule has 2 aromatic rings. The molecule has 5 atom stereocenters. The number of benzene rings is 1. The molecule has 3 rings (SSSR count). The van der Waals surface area contributed by atoms with Gasteiger partial charge in [-0.1, -0.05) is 35.1 Å². The SMILES string of the molecule is CC(=O)OC[C@H]1O[C@@H](S/C(Cc2cn(C)c3ccccc23)=N\O)[C@H](OC(C)=O)[C@@H](OC(C)=O)[C@@H]1OC(C)=O. The Morgan fingerprint density at radius 1 is 0.947 bits per heavy atom. The number of fused-ring (bicyclic) bond motifs is 1. The first-order valence-corrected chi connectivity index (χ1v) is 12.6. The smallest absolute Gasteiger partial charge is 0.303 e. The van der Waals surface area contributed by atoms with Crippen LogP contribution in [0, 0.1) is 0 Å². The summed E-state index contributed by atoms with van der Waals surface area (Å²) in [4.78, 5) is 47.4. The summed E-state index contributed by atoms with van der Waals surface area (Å²) in [5, 5.41) is 14.5. The molecule has 1 aromatic carbocycles. The number of aromatic nitrogens is 1. The topological polar surface area (TPSA) is 152 Å². The van der Waals surface area contributed by atoms with Gasteiger partial charge in [0.15, 0.2) is 18.3 Å². The van der Waals surface area contributed by atoms with Crippen molar-refractivity contribution in [2.24, 2.45) is 12.2 Å². The third kappa shape index (κ3) is 7.25. The quantitative estimate of drug-likeness (QED) is 0.129. The van der Waals surface area contributed by atoms with E-state index in [9.17, 15) is 24.4 Å². The molecule has 1 aliphatic rings. The third-order valence-corrected chi connectivity index (χ3v) is 6.74. The largest absolute Gasteiger partial charge is 0.463 e. The summed E-state index contributed by atoms with van der Waals surface area (Å²) in [7, 11) is 1.90. The average molecular weight is 551 g/mol. The maximum Gasteiger partial charge on any atom is 0.303 e. The number of oxime groups is 1. The number of esters is 4. The van der Waals surface area contributed by atoms with Crippen molar-refractivity contribution in [2.45, 2.75) is 64.0 Å². The molecule has 1 aliphatic heterocycles. The van der Waals surface area contributed by atoms with Crippen LogP contribution in [0.2, 0.25) is 0 Å². The lowest BCUT2D eigenvalue weighted by Gasteiger charge is -2.44. The predicted molar refractivity (Wildman–Crippen MR) is 135 cm³/mol. The molecule has 38 heavy (non-hydrogen) atoms. The number of para-hydroxylation sites is 1. The van der Waals surface area contributed by atoms with Crippen LogP contribution in [-0.2, 0) is 56.3 Å². The van der Waals surface area contributed by atoms with Crippen LogP contribution < -0.4 is 0 Å². The Balaban J connectivity index is 1.96. The lowest BCUT2D eigenvalue weighted by molar-refractivity contribution is -0.237. The van der Waals surface area contributed by atoms with Crippen LogP contribution in [-0.4, -0.2) is 75.2 Å². The van der Waals surface area contributed by atoms with E-state index in [0.717, 1.165) is 49.0 Å². The maximum atomic E-state index is 12.0. The minimum Gasteiger partial charge on any atom is -0.463 e. The molecular formula is C25H30N2O10S. The van der Waals surface area contributed by atoms with Crippen molar-refractivity contribution in [2.75, 3.05) is 6.61 Å². The van der Waals surface area contributed by atoms with E-state index in [1.807, 2.05) is 42.1 Å². The second-order valence-corrected chi connectivity index (χ2v) is 9.81. The zero-order valence-corrected chi connectivity index (χ0v) is 22.4. The van der Waals surface area contributed by atoms with Gasteiger partial charge in [0.2, 0.25) is 0 Å². The number of nitrogens with zero attached hydrogens (tertiary/aromatic N) is 2. The number of thioether (sulfide) groups is 1. The van der Waals surface area contributed by atoms with Crippen LogP contribution in [0.3, 0.4) is 0 Å². The molecule has 1 saturated heterocycles. The molecule has 0 aliphatic carbocycles. The van der Waals surface area contributed by atoms with Crippen molar-refractivity contribution in [1.82, 2.24) is 4.57 Å². The summed E-state index contributed by atoms with van der Waals surface area (Å²) in [5.41, 5.74) is 0.766. The molecule has 0 unspecified atom stereocenters. The van der Waals surface area contributed by atoms with Gasteiger partial charge in [0.05, 0.1) is 0 Å². The summed E-state index contributed by atoms with van der Waals surface area (Å²) in [6.45, 7) is 4.31. The molecule has 0 amide bonds. The second kappa shape index (κ2) is 12.8. The molecule has 0 bridgehead atoms. The molecular weight excluding hydrogens is 520 g/mol. The van der Waals surface area contributed by atoms with Crippen LogP contribution in [0.1, 0.15) is 33.3 Å². The van der Waals surface area contributed by atoms with Gasteiger partial charge in [0, 0.05) is 58.3 Å². The predicted octanol–water partition coefficient (Wildman–Crippen LogP) is 2.32. The van der Waals surface area contributed by atoms with Crippen molar-refractivity contribution in [3.05, 3.63) is 36.0 Å². The Morgan fingerprint density at radius 3 is 2.16 bits per heavy atom. The highest BCUT2D eigenvalue weighted by atomic mass is 32.2. The molecule has 2 heterocycles. The van der Waals surface area contributed by atoms with Crippen molar-refractivity contribution < 1.29 is 48.1 Å². The highest BCUT2D eigenvalue weighted by molar-refractivity contribution is 8.14. The zero-order chi connectivity index (χ0) is 28.0. The number of hydrogen-bond acceptors (Lipinski definition) is 12. The van der Waals surface area contributed by atoms with Crippen LogP contribution in [0.15, 0.2) is 35.6 Å². The number of aryl methyl sites for hydroxylation is 1. The molecule has 0 spiro atoms. The number of carbonyl (C=O) groups excluding carboxylic acids is 4. The van der Waals surface area contributed by atoms with Gasteiger partial charge < -0.3 is 33.5 Å². The van der Waals surface area contributed by atoms with Crippen molar-refractivity contribution in [3.63, 3.8) is 0 Å². The Bertz CT molecular complexity index is 1230. The van der Waals surface area contributed by atoms with Crippen LogP contribution in [0.4, 0.5) is 0 Å². The Kier molecular flexibility index (Phi) is 9.75. The minimum atomic E-state index is -1.30. The highest BCUT2D eigenvalue weighted by Crippen LogP contribution is 2.36. The fourth-order valence-corrected chi connectivity index (χ4v) is 5.34. The van der Waals surface area contributed by atoms with E-state index in [1.54, 1.807) is 0 Å². The fraction of sp³-hybridized carbons (Fsp3) is 0.480. The van der Waals surface area contributed by atoms with Gasteiger partial charge in [-0.25, -0.2) is 0 Å². The Hall–Kier alpha value is -3.58. The number of ether oxygens (including phenoxy) is 5. The third-order valence-electron chi connectivity index (χ3n) is 5.63. The van der Waals surface area contributed by atoms with Crippen molar-refractivity contribution in [1.29, 1.82) is 0 Å². The van der Waals surface area contributed by atoms with Gasteiger partial charge in [-0.15, -0.1) is 0 Å². The van der Waals surface area contributed by atoms with Crippen LogP contribution >= 0.6 is 11.8 Å². The number of rotatable bonds is 8. The van der Waals surface area contributed by atoms with Gasteiger partial charge >= 0.3 is 23.9 Å². The first kappa shape index (κ1) is 29.0. The van der Waals surface area contributed by atoms with Crippen LogP contribution in [0.25, 0.3) is 10.9 Å². The number of hydrogen-bond donors (Lipinski definition) is 1. The Labute approximate surface area is 223 Å². The van der Waals surface area contributed by atoms with Crippen molar-refractivity contribution >= 4 is 51.6 Å². The lowest BCUT2D eigenvalue weighted by Crippen LogP contribution is -2.61. The van der Waals surface area contributed by atoms with Gasteiger partial charge in [-0.3, -0.25) is 19.2 Å². The molecule has 206 valence electrons. The van der Waals surface area contributed by atoms with E-state index in [-0.39, 0.29) is 18.1 Å². The molecule has 0 saturated carbocycles. The highest BCUT2D eigenvalue weighted by Gasteiger charge is 2.52. The van der Waals surface area contributed by atoms with E-state index in [0.29, 0.717) is 0 Å². The summed E-state index contributed by atoms with van der Waals surface area (Å²) >= 11 is 0.937. The van der Waals surface area contributed by atoms with Crippen molar-refractivity contribution in [3.8, 4) is 0 Å². The van der Waals surface area contributed by atoms with Gasteiger partial charge in [-0.2, -0.15) is 0 Å². The van der Waals surface area contributed by atoms with E-state index in [1.165, 1.54) is 6.92 Å². The fourth-order valence-electron chi connectivity index (χ4n) is 4.25. The molecule has 1 aromatic heterocycles. The number of carbonyl (C=O) groups is 4. The molecule has 1 N–H and O–H groups in total. The molecule has 13 heteroatoms. The van der Waals surface area contributed by atoms with E-state index < -0.39 is 53.7 Å². The maximum absolute atomic E-state index is 12.0. The first-order chi connectivity index (χ1) is 18.0. The first-order valence-electron chi connectivity index (χ1n) is 11.7. The molecule has 0 radical (unpaired) electrons. The van der Waals surface area contributed by atoms with E-state index in [4.69, 9.17) is 23.7 Å². The summed E-state index contributed by atoms with van der Waals surface area (Å²) < 4.78 is 29.4. The summed E-state index contributed by atoms with van der Waals surface area (Å²) in [5.74, 6) is -2.77. The minimum absolute atomic E-state index is 0.204. The molecule has 12 nitrogen and oxygen atoms in total. The van der Waals surface area contributed by atoms with E-state index >= 15 is 0 Å². The normalized spacial score (nSPS) is 23.5. The summed E-state index contributed by atoms with van der Waals surface area (Å²) in [6.07, 6.45) is -2.80. The lowest BCUT2D eigenvalue weighted by atomic mass is 9.99. The van der Waals surface area contributed by atoms with Gasteiger partial charge in [0.25, 0.3) is 0 Å². The second-order valence-electron chi connectivity index (χ2n) is 8.64.